The summed E-state index contributed by atoms with van der Waals surface area (Å²) in [5, 5.41) is 0. The number of alkyl halides is 3. The van der Waals surface area contributed by atoms with Crippen LogP contribution in [0.1, 0.15) is 24.8 Å². The van der Waals surface area contributed by atoms with Crippen LogP contribution >= 0.6 is 0 Å². The topological polar surface area (TPSA) is 80.4 Å². The van der Waals surface area contributed by atoms with E-state index < -0.39 is 17.6 Å². The second-order valence-corrected chi connectivity index (χ2v) is 7.75. The lowest BCUT2D eigenvalue weighted by Crippen LogP contribution is -2.55. The zero-order valence-electron chi connectivity index (χ0n) is 15.7. The monoisotopic (exact) mass is 406 g/mol. The number of halogens is 3. The highest BCUT2D eigenvalue weighted by molar-refractivity contribution is 5.67. The first kappa shape index (κ1) is 18.4. The van der Waals surface area contributed by atoms with E-state index in [-0.39, 0.29) is 17.7 Å². The Morgan fingerprint density at radius 2 is 1.97 bits per heavy atom. The summed E-state index contributed by atoms with van der Waals surface area (Å²) < 4.78 is 45.7. The van der Waals surface area contributed by atoms with Crippen LogP contribution in [-0.2, 0) is 10.9 Å². The molecule has 4 fully saturated rings. The van der Waals surface area contributed by atoms with Crippen LogP contribution in [-0.4, -0.2) is 53.3 Å². The number of anilines is 3. The number of pyridine rings is 1. The molecule has 4 aliphatic heterocycles. The molecular formula is C19H21F3N6O. The molecule has 0 unspecified atom stereocenters. The van der Waals surface area contributed by atoms with Crippen LogP contribution in [0.2, 0.25) is 0 Å². The number of ether oxygens (including phenoxy) is 1. The molecule has 2 aromatic rings. The van der Waals surface area contributed by atoms with E-state index in [0.717, 1.165) is 50.8 Å². The lowest BCUT2D eigenvalue weighted by Gasteiger charge is -2.46. The number of nitrogens with zero attached hydrogens (tertiary/aromatic N) is 5. The third-order valence-electron chi connectivity index (χ3n) is 5.84. The quantitative estimate of drug-likeness (QED) is 0.840. The van der Waals surface area contributed by atoms with Gasteiger partial charge in [0.05, 0.1) is 30.0 Å². The van der Waals surface area contributed by atoms with Crippen LogP contribution in [0.3, 0.4) is 0 Å². The summed E-state index contributed by atoms with van der Waals surface area (Å²) in [5.41, 5.74) is 5.19. The van der Waals surface area contributed by atoms with E-state index in [1.807, 2.05) is 4.90 Å². The van der Waals surface area contributed by atoms with Gasteiger partial charge in [0.25, 0.3) is 0 Å². The van der Waals surface area contributed by atoms with E-state index in [1.165, 1.54) is 6.20 Å². The van der Waals surface area contributed by atoms with E-state index in [2.05, 4.69) is 14.9 Å². The fourth-order valence-electron chi connectivity index (χ4n) is 4.05. The van der Waals surface area contributed by atoms with Gasteiger partial charge in [0.15, 0.2) is 0 Å². The summed E-state index contributed by atoms with van der Waals surface area (Å²) in [4.78, 5) is 17.3. The van der Waals surface area contributed by atoms with Crippen LogP contribution in [0.4, 0.5) is 30.8 Å². The lowest BCUT2D eigenvalue weighted by molar-refractivity contribution is -0.137. The SMILES string of the molecule is Nc1ncc(-c2cc(N3C[C@@H]4CC[C@H]3CO4)nc(N3CCC3)n2)cc1C(F)(F)F. The zero-order valence-corrected chi connectivity index (χ0v) is 15.7. The maximum atomic E-state index is 13.3. The van der Waals surface area contributed by atoms with Crippen molar-refractivity contribution >= 4 is 17.6 Å². The van der Waals surface area contributed by atoms with Crippen LogP contribution in [0.15, 0.2) is 18.3 Å². The Labute approximate surface area is 165 Å². The van der Waals surface area contributed by atoms with Gasteiger partial charge < -0.3 is 20.3 Å². The molecule has 0 spiro atoms. The largest absolute Gasteiger partial charge is 0.419 e. The van der Waals surface area contributed by atoms with Gasteiger partial charge in [0.2, 0.25) is 5.95 Å². The van der Waals surface area contributed by atoms with Gasteiger partial charge in [-0.3, -0.25) is 0 Å². The molecule has 0 amide bonds. The lowest BCUT2D eigenvalue weighted by atomic mass is 9.97. The Morgan fingerprint density at radius 1 is 1.14 bits per heavy atom. The highest BCUT2D eigenvalue weighted by Crippen LogP contribution is 2.37. The first-order valence-corrected chi connectivity index (χ1v) is 9.74. The van der Waals surface area contributed by atoms with Gasteiger partial charge in [-0.2, -0.15) is 18.2 Å². The molecule has 0 saturated carbocycles. The van der Waals surface area contributed by atoms with E-state index >= 15 is 0 Å². The van der Waals surface area contributed by atoms with E-state index in [9.17, 15) is 13.2 Å². The molecule has 4 aliphatic rings. The molecule has 2 atom stereocenters. The minimum Gasteiger partial charge on any atom is -0.383 e. The molecule has 0 radical (unpaired) electrons. The number of rotatable bonds is 3. The number of hydrogen-bond donors (Lipinski definition) is 1. The van der Waals surface area contributed by atoms with Gasteiger partial charge in [0.1, 0.15) is 11.6 Å². The second kappa shape index (κ2) is 6.72. The normalized spacial score (nSPS) is 24.0. The first-order valence-electron chi connectivity index (χ1n) is 9.74. The summed E-state index contributed by atoms with van der Waals surface area (Å²) >= 11 is 0. The molecule has 0 aromatic carbocycles. The minimum absolute atomic E-state index is 0.167. The third-order valence-corrected chi connectivity index (χ3v) is 5.84. The number of morpholine rings is 1. The van der Waals surface area contributed by atoms with Crippen molar-refractivity contribution in [1.82, 2.24) is 15.0 Å². The Bertz CT molecular complexity index is 925. The standard InChI is InChI=1S/C19H21F3N6O/c20-19(21,22)14-6-11(8-24-17(14)23)15-7-16(26-18(25-15)27-4-1-5-27)28-9-13-3-2-12(28)10-29-13/h6-8,12-13H,1-5,9-10H2,(H2,23,24)/t12-,13-/m0/s1. The van der Waals surface area contributed by atoms with Crippen molar-refractivity contribution in [2.45, 2.75) is 37.6 Å². The van der Waals surface area contributed by atoms with Crippen molar-refractivity contribution in [3.05, 3.63) is 23.9 Å². The van der Waals surface area contributed by atoms with Crippen molar-refractivity contribution in [3.8, 4) is 11.3 Å². The smallest absolute Gasteiger partial charge is 0.383 e. The van der Waals surface area contributed by atoms with Gasteiger partial charge in [-0.1, -0.05) is 0 Å². The van der Waals surface area contributed by atoms with Crippen LogP contribution in [0.5, 0.6) is 0 Å². The summed E-state index contributed by atoms with van der Waals surface area (Å²) in [6, 6.07) is 2.99. The van der Waals surface area contributed by atoms with Crippen molar-refractivity contribution < 1.29 is 17.9 Å². The highest BCUT2D eigenvalue weighted by Gasteiger charge is 2.37. The molecule has 2 bridgehead atoms. The van der Waals surface area contributed by atoms with Gasteiger partial charge in [-0.15, -0.1) is 0 Å². The van der Waals surface area contributed by atoms with E-state index in [1.54, 1.807) is 6.07 Å². The number of fused-ring (bicyclic) bond motifs is 3. The van der Waals surface area contributed by atoms with E-state index in [0.29, 0.717) is 18.2 Å². The zero-order chi connectivity index (χ0) is 20.2. The minimum atomic E-state index is -4.58. The van der Waals surface area contributed by atoms with Gasteiger partial charge >= 0.3 is 6.18 Å². The fourth-order valence-corrected chi connectivity index (χ4v) is 4.05. The van der Waals surface area contributed by atoms with Crippen LogP contribution < -0.4 is 15.5 Å². The summed E-state index contributed by atoms with van der Waals surface area (Å²) in [6.07, 6.45) is 0.0158. The first-order chi connectivity index (χ1) is 13.9. The van der Waals surface area contributed by atoms with Gasteiger partial charge in [-0.25, -0.2) is 9.97 Å². The Balaban J connectivity index is 1.58. The molecule has 7 nitrogen and oxygen atoms in total. The van der Waals surface area contributed by atoms with Gasteiger partial charge in [-0.05, 0) is 25.3 Å². The number of hydrogen-bond acceptors (Lipinski definition) is 7. The van der Waals surface area contributed by atoms with Gasteiger partial charge in [0, 0.05) is 37.5 Å². The number of nitrogen functional groups attached to an aromatic ring is 1. The maximum Gasteiger partial charge on any atom is 0.419 e. The molecule has 29 heavy (non-hydrogen) atoms. The average Bonchev–Trinajstić information content (AvgIpc) is 2.67. The molecule has 10 heteroatoms. The molecule has 2 N–H and O–H groups in total. The second-order valence-electron chi connectivity index (χ2n) is 7.75. The predicted molar refractivity (Wildman–Crippen MR) is 102 cm³/mol. The number of nitrogens with two attached hydrogens (primary N) is 1. The van der Waals surface area contributed by atoms with Crippen LogP contribution in [0.25, 0.3) is 11.3 Å². The van der Waals surface area contributed by atoms with Crippen molar-refractivity contribution in [2.75, 3.05) is 41.8 Å². The van der Waals surface area contributed by atoms with Crippen molar-refractivity contribution in [3.63, 3.8) is 0 Å². The van der Waals surface area contributed by atoms with Crippen molar-refractivity contribution in [1.29, 1.82) is 0 Å². The molecule has 154 valence electrons. The highest BCUT2D eigenvalue weighted by atomic mass is 19.4. The Kier molecular flexibility index (Phi) is 4.27. The number of piperidine rings is 1. The predicted octanol–water partition coefficient (Wildman–Crippen LogP) is 2.72. The molecule has 2 aromatic heterocycles. The molecular weight excluding hydrogens is 385 g/mol. The molecule has 4 saturated heterocycles. The fraction of sp³-hybridized carbons (Fsp3) is 0.526. The summed E-state index contributed by atoms with van der Waals surface area (Å²) in [7, 11) is 0. The Hall–Kier alpha value is -2.62. The summed E-state index contributed by atoms with van der Waals surface area (Å²) in [5.74, 6) is 0.723. The third kappa shape index (κ3) is 3.35. The van der Waals surface area contributed by atoms with Crippen molar-refractivity contribution in [2.24, 2.45) is 0 Å². The maximum absolute atomic E-state index is 13.3. The van der Waals surface area contributed by atoms with E-state index in [4.69, 9.17) is 15.5 Å². The van der Waals surface area contributed by atoms with Crippen LogP contribution in [0, 0.1) is 0 Å². The Morgan fingerprint density at radius 3 is 2.55 bits per heavy atom. The molecule has 6 rings (SSSR count). The molecule has 0 aliphatic carbocycles. The number of aromatic nitrogens is 3. The molecule has 6 heterocycles. The average molecular weight is 406 g/mol. The summed E-state index contributed by atoms with van der Waals surface area (Å²) in [6.45, 7) is 3.05.